The third-order valence-corrected chi connectivity index (χ3v) is 7.01. The summed E-state index contributed by atoms with van der Waals surface area (Å²) in [4.78, 5) is 26.0. The van der Waals surface area contributed by atoms with Gasteiger partial charge in [-0.25, -0.2) is 9.18 Å². The minimum absolute atomic E-state index is 0.0164. The van der Waals surface area contributed by atoms with Crippen molar-refractivity contribution in [3.8, 4) is 11.1 Å². The van der Waals surface area contributed by atoms with Gasteiger partial charge in [0.2, 0.25) is 0 Å². The van der Waals surface area contributed by atoms with Gasteiger partial charge in [-0.15, -0.1) is 9.69 Å². The molecule has 1 fully saturated rings. The molecule has 0 radical (unpaired) electrons. The largest absolute Gasteiger partial charge is 0.336 e. The molecule has 0 N–H and O–H groups in total. The van der Waals surface area contributed by atoms with Gasteiger partial charge in [-0.3, -0.25) is 4.68 Å². The lowest BCUT2D eigenvalue weighted by atomic mass is 9.88. The summed E-state index contributed by atoms with van der Waals surface area (Å²) in [5.41, 5.74) is 3.66. The number of hydrogen-bond donors (Lipinski definition) is 0. The first-order valence-corrected chi connectivity index (χ1v) is 10.5. The van der Waals surface area contributed by atoms with Crippen LogP contribution < -0.4 is 4.59 Å². The number of aldehydes is 1. The molecule has 0 atom stereocenters. The van der Waals surface area contributed by atoms with E-state index in [1.165, 1.54) is 6.07 Å². The van der Waals surface area contributed by atoms with Gasteiger partial charge >= 0.3 is 5.91 Å². The molecule has 8 heteroatoms. The third-order valence-electron chi connectivity index (χ3n) is 7.01. The summed E-state index contributed by atoms with van der Waals surface area (Å²) in [5, 5.41) is 10.9. The Morgan fingerprint density at radius 3 is 2.77 bits per heavy atom. The van der Waals surface area contributed by atoms with E-state index in [0.717, 1.165) is 46.8 Å². The highest BCUT2D eigenvalue weighted by atomic mass is 19.1. The Morgan fingerprint density at radius 1 is 1.23 bits per heavy atom. The lowest BCUT2D eigenvalue weighted by Gasteiger charge is -2.39. The van der Waals surface area contributed by atoms with Crippen LogP contribution in [0.4, 0.5) is 4.39 Å². The maximum atomic E-state index is 15.3. The van der Waals surface area contributed by atoms with E-state index in [-0.39, 0.29) is 28.8 Å². The number of carbonyl (C=O) groups is 2. The van der Waals surface area contributed by atoms with Gasteiger partial charge in [-0.2, -0.15) is 5.10 Å². The second kappa shape index (κ2) is 6.31. The molecule has 0 aliphatic carbocycles. The van der Waals surface area contributed by atoms with E-state index in [4.69, 9.17) is 5.10 Å². The van der Waals surface area contributed by atoms with Crippen LogP contribution in [-0.4, -0.2) is 45.0 Å². The van der Waals surface area contributed by atoms with Gasteiger partial charge in [0.1, 0.15) is 30.7 Å². The van der Waals surface area contributed by atoms with Crippen LogP contribution in [0.5, 0.6) is 0 Å². The topological polar surface area (TPSA) is 69.8 Å². The Hall–Kier alpha value is -3.39. The van der Waals surface area contributed by atoms with Crippen LogP contribution in [0.15, 0.2) is 36.5 Å². The van der Waals surface area contributed by atoms with Crippen molar-refractivity contribution in [3.63, 3.8) is 0 Å². The number of benzene rings is 2. The van der Waals surface area contributed by atoms with Gasteiger partial charge in [0.05, 0.1) is 30.9 Å². The first-order valence-electron chi connectivity index (χ1n) is 10.5. The predicted molar refractivity (Wildman–Crippen MR) is 114 cm³/mol. The summed E-state index contributed by atoms with van der Waals surface area (Å²) in [6.45, 7) is 2.93. The Bertz CT molecular complexity index is 1390. The molecule has 31 heavy (non-hydrogen) atoms. The van der Waals surface area contributed by atoms with Crippen molar-refractivity contribution >= 4 is 34.0 Å². The van der Waals surface area contributed by atoms with Crippen LogP contribution in [0.1, 0.15) is 31.4 Å². The van der Waals surface area contributed by atoms with Crippen molar-refractivity contribution in [2.75, 3.05) is 13.1 Å². The minimum Gasteiger partial charge on any atom is -0.301 e. The summed E-state index contributed by atoms with van der Waals surface area (Å²) >= 11 is 0. The van der Waals surface area contributed by atoms with Crippen molar-refractivity contribution < 1.29 is 14.0 Å². The summed E-state index contributed by atoms with van der Waals surface area (Å²) < 4.78 is 17.1. The zero-order valence-corrected chi connectivity index (χ0v) is 17.1. The zero-order chi connectivity index (χ0) is 21.3. The quantitative estimate of drug-likeness (QED) is 0.370. The summed E-state index contributed by atoms with van der Waals surface area (Å²) in [5.74, 6) is -0.208. The van der Waals surface area contributed by atoms with Crippen LogP contribution in [0, 0.1) is 5.82 Å². The maximum Gasteiger partial charge on any atom is 0.336 e. The van der Waals surface area contributed by atoms with E-state index < -0.39 is 0 Å². The Balaban J connectivity index is 1.76. The molecule has 2 aromatic carbocycles. The summed E-state index contributed by atoms with van der Waals surface area (Å²) in [6, 6.07) is 9.00. The molecule has 3 aliphatic heterocycles. The first-order chi connectivity index (χ1) is 15.0. The molecular weight excluding hydrogens is 397 g/mol. The highest BCUT2D eigenvalue weighted by Crippen LogP contribution is 2.41. The van der Waals surface area contributed by atoms with Crippen molar-refractivity contribution in [2.45, 2.75) is 32.2 Å². The van der Waals surface area contributed by atoms with Crippen molar-refractivity contribution in [3.05, 3.63) is 48.0 Å². The Kier molecular flexibility index (Phi) is 3.74. The Morgan fingerprint density at radius 2 is 2.03 bits per heavy atom. The fraction of sp³-hybridized carbons (Fsp3) is 0.304. The molecular formula is C23H21FN5O2+. The van der Waals surface area contributed by atoms with Crippen molar-refractivity contribution in [1.29, 1.82) is 0 Å². The number of hydrogen-bond acceptors (Lipinski definition) is 4. The van der Waals surface area contributed by atoms with E-state index >= 15 is 4.39 Å². The fourth-order valence-corrected chi connectivity index (χ4v) is 5.43. The van der Waals surface area contributed by atoms with Crippen LogP contribution in [-0.2, 0) is 16.1 Å². The minimum atomic E-state index is -0.343. The smallest absolute Gasteiger partial charge is 0.301 e. The Labute approximate surface area is 177 Å². The molecule has 4 bridgehead atoms. The molecule has 0 unspecified atom stereocenters. The predicted octanol–water partition coefficient (Wildman–Crippen LogP) is 3.27. The van der Waals surface area contributed by atoms with Gasteiger partial charge < -0.3 is 4.79 Å². The molecule has 4 aromatic rings. The molecule has 1 amide bonds. The van der Waals surface area contributed by atoms with E-state index in [0.29, 0.717) is 24.0 Å². The average molecular weight is 418 g/mol. The molecule has 0 spiro atoms. The highest BCUT2D eigenvalue weighted by molar-refractivity contribution is 6.00. The number of quaternary nitrogens is 1. The molecule has 0 saturated carbocycles. The second-order valence-electron chi connectivity index (χ2n) is 8.52. The second-order valence-corrected chi connectivity index (χ2v) is 8.52. The molecule has 2 aromatic heterocycles. The van der Waals surface area contributed by atoms with Crippen molar-refractivity contribution in [1.82, 2.24) is 24.3 Å². The molecule has 1 saturated heterocycles. The monoisotopic (exact) mass is 418 g/mol. The molecule has 7 rings (SSSR count). The number of fused-ring (bicyclic) bond motifs is 2. The van der Waals surface area contributed by atoms with Crippen LogP contribution >= 0.6 is 0 Å². The standard InChI is InChI=1S/C23H21FN5O2/c1-14(31)29-8-5-15(6-9-29)23-22-17(3-2-4-20(22)27(26-23)7-10-30)18-12-21-16(11-19(18)24)13-25-28(21)29/h2-4,10-13,15H,5-9H2,1H3/q+1. The molecule has 156 valence electrons. The summed E-state index contributed by atoms with van der Waals surface area (Å²) in [6.07, 6.45) is 3.97. The number of aromatic nitrogens is 4. The third kappa shape index (κ3) is 2.36. The summed E-state index contributed by atoms with van der Waals surface area (Å²) in [7, 11) is 0. The lowest BCUT2D eigenvalue weighted by Crippen LogP contribution is -2.65. The SMILES string of the molecule is CC(=O)[N+]12CCC(CC1)c1nn(CC=O)c3cccc(c13)-c1cc3c(cnn32)cc1F. The zero-order valence-electron chi connectivity index (χ0n) is 17.1. The molecule has 7 nitrogen and oxygen atoms in total. The van der Waals surface area contributed by atoms with Gasteiger partial charge in [0.15, 0.2) is 0 Å². The van der Waals surface area contributed by atoms with Gasteiger partial charge in [-0.05, 0) is 23.8 Å². The van der Waals surface area contributed by atoms with Crippen LogP contribution in [0.2, 0.25) is 0 Å². The normalized spacial score (nSPS) is 22.2. The number of piperidine rings is 1. The van der Waals surface area contributed by atoms with E-state index in [2.05, 4.69) is 5.10 Å². The molecule has 5 heterocycles. The van der Waals surface area contributed by atoms with Crippen LogP contribution in [0.3, 0.4) is 0 Å². The first kappa shape index (κ1) is 18.4. The lowest BCUT2D eigenvalue weighted by molar-refractivity contribution is -0.137. The average Bonchev–Trinajstić information content (AvgIpc) is 3.34. The number of carbonyl (C=O) groups excluding carboxylic acids is 2. The van der Waals surface area contributed by atoms with E-state index in [1.54, 1.807) is 28.7 Å². The van der Waals surface area contributed by atoms with Gasteiger partial charge in [-0.1, -0.05) is 16.9 Å². The number of nitrogens with zero attached hydrogens (tertiary/aromatic N) is 5. The van der Waals surface area contributed by atoms with Gasteiger partial charge in [0.25, 0.3) is 0 Å². The van der Waals surface area contributed by atoms with E-state index in [9.17, 15) is 9.59 Å². The fourth-order valence-electron chi connectivity index (χ4n) is 5.43. The number of halogens is 1. The van der Waals surface area contributed by atoms with Gasteiger partial charge in [0, 0.05) is 35.1 Å². The van der Waals surface area contributed by atoms with Crippen molar-refractivity contribution in [2.24, 2.45) is 0 Å². The highest BCUT2D eigenvalue weighted by Gasteiger charge is 2.44. The number of amides is 1. The van der Waals surface area contributed by atoms with Crippen LogP contribution in [0.25, 0.3) is 32.9 Å². The number of rotatable bonds is 2. The molecule has 3 aliphatic rings. The maximum absolute atomic E-state index is 15.3. The van der Waals surface area contributed by atoms with E-state index in [1.807, 2.05) is 18.2 Å².